The first-order chi connectivity index (χ1) is 11.2. The number of hydrogen-bond acceptors (Lipinski definition) is 6. The van der Waals surface area contributed by atoms with Crippen LogP contribution in [0.4, 0.5) is 5.88 Å². The molecular formula is C16H21N3O3S. The van der Waals surface area contributed by atoms with Crippen molar-refractivity contribution in [3.63, 3.8) is 0 Å². The monoisotopic (exact) mass is 335 g/mol. The smallest absolute Gasteiger partial charge is 0.277 e. The molecule has 6 nitrogen and oxygen atoms in total. The minimum Gasteiger partial charge on any atom is -0.378 e. The van der Waals surface area contributed by atoms with Gasteiger partial charge in [0.2, 0.25) is 5.88 Å². The predicted molar refractivity (Wildman–Crippen MR) is 87.8 cm³/mol. The second kappa shape index (κ2) is 7.23. The zero-order chi connectivity index (χ0) is 16.2. The number of thiazole rings is 1. The Bertz CT molecular complexity index is 674. The Morgan fingerprint density at radius 2 is 2.22 bits per heavy atom. The number of nitrogens with one attached hydrogen (secondary N) is 1. The fourth-order valence-corrected chi connectivity index (χ4v) is 3.74. The standard InChI is InChI=1S/C16H21N3O3S/c1-10-14(11-6-4-3-5-7-11)19-22-16(10)18-15(20)12-9-23-13(17-12)8-21-2/h9,11H,3-8H2,1-2H3,(H,18,20). The largest absolute Gasteiger partial charge is 0.378 e. The highest BCUT2D eigenvalue weighted by Gasteiger charge is 2.24. The van der Waals surface area contributed by atoms with Crippen molar-refractivity contribution in [1.29, 1.82) is 0 Å². The summed E-state index contributed by atoms with van der Waals surface area (Å²) < 4.78 is 10.4. The number of rotatable bonds is 5. The molecule has 3 rings (SSSR count). The summed E-state index contributed by atoms with van der Waals surface area (Å²) in [6.45, 7) is 2.36. The van der Waals surface area contributed by atoms with Gasteiger partial charge in [-0.3, -0.25) is 10.1 Å². The highest BCUT2D eigenvalue weighted by Crippen LogP contribution is 2.35. The van der Waals surface area contributed by atoms with E-state index in [1.54, 1.807) is 12.5 Å². The van der Waals surface area contributed by atoms with Crippen LogP contribution in [0.2, 0.25) is 0 Å². The van der Waals surface area contributed by atoms with E-state index in [1.807, 2.05) is 6.92 Å². The summed E-state index contributed by atoms with van der Waals surface area (Å²) in [4.78, 5) is 16.5. The maximum atomic E-state index is 12.3. The van der Waals surface area contributed by atoms with Gasteiger partial charge in [-0.25, -0.2) is 4.98 Å². The number of amides is 1. The maximum Gasteiger partial charge on any atom is 0.277 e. The first-order valence-electron chi connectivity index (χ1n) is 7.90. The zero-order valence-corrected chi connectivity index (χ0v) is 14.2. The van der Waals surface area contributed by atoms with E-state index < -0.39 is 0 Å². The molecule has 1 amide bonds. The molecule has 1 aliphatic carbocycles. The van der Waals surface area contributed by atoms with E-state index in [-0.39, 0.29) is 5.91 Å². The van der Waals surface area contributed by atoms with Crippen molar-refractivity contribution in [3.05, 3.63) is 27.3 Å². The average Bonchev–Trinajstić information content (AvgIpc) is 3.17. The molecule has 23 heavy (non-hydrogen) atoms. The second-order valence-corrected chi connectivity index (χ2v) is 6.81. The Labute approximate surface area is 139 Å². The lowest BCUT2D eigenvalue weighted by atomic mass is 9.86. The summed E-state index contributed by atoms with van der Waals surface area (Å²) in [6.07, 6.45) is 6.06. The minimum absolute atomic E-state index is 0.280. The first-order valence-corrected chi connectivity index (χ1v) is 8.78. The van der Waals surface area contributed by atoms with E-state index in [0.717, 1.165) is 29.1 Å². The quantitative estimate of drug-likeness (QED) is 0.897. The van der Waals surface area contributed by atoms with Crippen LogP contribution in [0.15, 0.2) is 9.90 Å². The lowest BCUT2D eigenvalue weighted by Gasteiger charge is -2.19. The van der Waals surface area contributed by atoms with Gasteiger partial charge in [0, 0.05) is 24.0 Å². The van der Waals surface area contributed by atoms with Gasteiger partial charge >= 0.3 is 0 Å². The molecule has 124 valence electrons. The van der Waals surface area contributed by atoms with Crippen molar-refractivity contribution in [3.8, 4) is 0 Å². The van der Waals surface area contributed by atoms with Crippen LogP contribution >= 0.6 is 11.3 Å². The molecule has 0 radical (unpaired) electrons. The molecule has 0 saturated heterocycles. The molecule has 0 aromatic carbocycles. The summed E-state index contributed by atoms with van der Waals surface area (Å²) in [6, 6.07) is 0. The van der Waals surface area contributed by atoms with Crippen LogP contribution in [0, 0.1) is 6.92 Å². The number of methoxy groups -OCH3 is 1. The van der Waals surface area contributed by atoms with E-state index in [2.05, 4.69) is 15.5 Å². The Morgan fingerprint density at radius 1 is 1.43 bits per heavy atom. The first kappa shape index (κ1) is 16.1. The SMILES string of the molecule is COCc1nc(C(=O)Nc2onc(C3CCCCC3)c2C)cs1. The van der Waals surface area contributed by atoms with Crippen molar-refractivity contribution in [2.45, 2.75) is 51.6 Å². The Hall–Kier alpha value is -1.73. The molecule has 1 saturated carbocycles. The van der Waals surface area contributed by atoms with E-state index in [9.17, 15) is 4.79 Å². The van der Waals surface area contributed by atoms with Gasteiger partial charge in [0.1, 0.15) is 10.7 Å². The molecule has 0 unspecified atom stereocenters. The third kappa shape index (κ3) is 3.61. The highest BCUT2D eigenvalue weighted by molar-refractivity contribution is 7.09. The van der Waals surface area contributed by atoms with Gasteiger partial charge in [0.05, 0.1) is 12.3 Å². The van der Waals surface area contributed by atoms with Crippen LogP contribution in [-0.4, -0.2) is 23.2 Å². The summed E-state index contributed by atoms with van der Waals surface area (Å²) in [7, 11) is 1.60. The van der Waals surface area contributed by atoms with Crippen molar-refractivity contribution in [2.24, 2.45) is 0 Å². The molecule has 1 fully saturated rings. The summed E-state index contributed by atoms with van der Waals surface area (Å²) in [5.41, 5.74) is 2.29. The molecule has 0 atom stereocenters. The molecule has 0 bridgehead atoms. The van der Waals surface area contributed by atoms with Crippen molar-refractivity contribution < 1.29 is 14.1 Å². The predicted octanol–water partition coefficient (Wildman–Crippen LogP) is 3.89. The number of nitrogens with zero attached hydrogens (tertiary/aromatic N) is 2. The number of carbonyl (C=O) groups is 1. The number of aromatic nitrogens is 2. The lowest BCUT2D eigenvalue weighted by molar-refractivity contribution is 0.101. The van der Waals surface area contributed by atoms with Gasteiger partial charge < -0.3 is 9.26 Å². The maximum absolute atomic E-state index is 12.3. The van der Waals surface area contributed by atoms with E-state index in [1.165, 1.54) is 30.6 Å². The molecular weight excluding hydrogens is 314 g/mol. The van der Waals surface area contributed by atoms with Crippen molar-refractivity contribution >= 4 is 23.1 Å². The van der Waals surface area contributed by atoms with E-state index in [4.69, 9.17) is 9.26 Å². The van der Waals surface area contributed by atoms with Gasteiger partial charge in [-0.15, -0.1) is 11.3 Å². The number of hydrogen-bond donors (Lipinski definition) is 1. The molecule has 2 aromatic rings. The van der Waals surface area contributed by atoms with Crippen molar-refractivity contribution in [1.82, 2.24) is 10.1 Å². The van der Waals surface area contributed by atoms with Crippen LogP contribution in [0.25, 0.3) is 0 Å². The third-order valence-electron chi connectivity index (χ3n) is 4.23. The highest BCUT2D eigenvalue weighted by atomic mass is 32.1. The van der Waals surface area contributed by atoms with Gasteiger partial charge in [-0.1, -0.05) is 24.4 Å². The molecule has 0 spiro atoms. The van der Waals surface area contributed by atoms with Crippen LogP contribution in [0.1, 0.15) is 64.8 Å². The fourth-order valence-electron chi connectivity index (χ4n) is 2.99. The summed E-state index contributed by atoms with van der Waals surface area (Å²) in [5.74, 6) is 0.598. The summed E-state index contributed by atoms with van der Waals surface area (Å²) in [5, 5.41) is 9.46. The third-order valence-corrected chi connectivity index (χ3v) is 5.05. The Balaban J connectivity index is 1.69. The van der Waals surface area contributed by atoms with Crippen LogP contribution in [0.5, 0.6) is 0 Å². The molecule has 1 N–H and O–H groups in total. The lowest BCUT2D eigenvalue weighted by Crippen LogP contribution is -2.13. The van der Waals surface area contributed by atoms with E-state index >= 15 is 0 Å². The molecule has 2 heterocycles. The van der Waals surface area contributed by atoms with Crippen LogP contribution in [0.3, 0.4) is 0 Å². The van der Waals surface area contributed by atoms with Crippen LogP contribution < -0.4 is 5.32 Å². The van der Waals surface area contributed by atoms with Crippen LogP contribution in [-0.2, 0) is 11.3 Å². The number of anilines is 1. The normalized spacial score (nSPS) is 15.7. The second-order valence-electron chi connectivity index (χ2n) is 5.87. The topological polar surface area (TPSA) is 77.2 Å². The average molecular weight is 335 g/mol. The van der Waals surface area contributed by atoms with Gasteiger partial charge in [0.25, 0.3) is 5.91 Å². The minimum atomic E-state index is -0.280. The molecule has 2 aromatic heterocycles. The van der Waals surface area contributed by atoms with Crippen molar-refractivity contribution in [2.75, 3.05) is 12.4 Å². The zero-order valence-electron chi connectivity index (χ0n) is 13.4. The number of carbonyl (C=O) groups excluding carboxylic acids is 1. The fraction of sp³-hybridized carbons (Fsp3) is 0.562. The molecule has 7 heteroatoms. The molecule has 1 aliphatic rings. The van der Waals surface area contributed by atoms with Gasteiger partial charge in [0.15, 0.2) is 0 Å². The van der Waals surface area contributed by atoms with Gasteiger partial charge in [-0.2, -0.15) is 0 Å². The van der Waals surface area contributed by atoms with Gasteiger partial charge in [-0.05, 0) is 19.8 Å². The van der Waals surface area contributed by atoms with E-state index in [0.29, 0.717) is 24.1 Å². The summed E-state index contributed by atoms with van der Waals surface area (Å²) >= 11 is 1.40. The molecule has 0 aliphatic heterocycles. The Morgan fingerprint density at radius 3 is 2.96 bits per heavy atom. The number of ether oxygens (including phenoxy) is 1. The Kier molecular flexibility index (Phi) is 5.07.